The number of amides is 1. The highest BCUT2D eigenvalue weighted by Gasteiger charge is 2.40. The summed E-state index contributed by atoms with van der Waals surface area (Å²) < 4.78 is 5.38. The average Bonchev–Trinajstić information content (AvgIpc) is 2.40. The molecule has 0 radical (unpaired) electrons. The van der Waals surface area contributed by atoms with Crippen LogP contribution < -0.4 is 5.73 Å². The fraction of sp³-hybridized carbons (Fsp3) is 0.917. The van der Waals surface area contributed by atoms with E-state index in [-0.39, 0.29) is 12.1 Å². The van der Waals surface area contributed by atoms with Gasteiger partial charge in [0.25, 0.3) is 0 Å². The van der Waals surface area contributed by atoms with Crippen LogP contribution in [0.2, 0.25) is 0 Å². The Bertz CT molecular complexity index is 260. The topological polar surface area (TPSA) is 55.6 Å². The summed E-state index contributed by atoms with van der Waals surface area (Å²) in [5.74, 6) is 0.929. The van der Waals surface area contributed by atoms with Crippen LogP contribution in [0.25, 0.3) is 0 Å². The minimum Gasteiger partial charge on any atom is -0.444 e. The van der Waals surface area contributed by atoms with E-state index in [4.69, 9.17) is 10.5 Å². The summed E-state index contributed by atoms with van der Waals surface area (Å²) in [5.41, 5.74) is 5.29. The van der Waals surface area contributed by atoms with Gasteiger partial charge in [-0.15, -0.1) is 0 Å². The van der Waals surface area contributed by atoms with Gasteiger partial charge in [0.1, 0.15) is 5.60 Å². The normalized spacial score (nSPS) is 30.6. The fourth-order valence-corrected chi connectivity index (χ4v) is 2.15. The summed E-state index contributed by atoms with van der Waals surface area (Å²) in [4.78, 5) is 13.7. The first-order valence-corrected chi connectivity index (χ1v) is 5.96. The molecule has 16 heavy (non-hydrogen) atoms. The zero-order chi connectivity index (χ0) is 12.5. The zero-order valence-electron chi connectivity index (χ0n) is 11.0. The number of rotatable bonds is 1. The highest BCUT2D eigenvalue weighted by atomic mass is 16.6. The molecule has 0 spiro atoms. The molecule has 4 nitrogen and oxygen atoms in total. The molecule has 2 N–H and O–H groups in total. The standard InChI is InChI=1S/C12H24N2O2/c1-8-7-14(10(6-13)9(8)2)11(15)16-12(3,4)5/h8-10H,6-7,13H2,1-5H3/t8?,9-,10-/m1/s1. The van der Waals surface area contributed by atoms with E-state index in [0.29, 0.717) is 18.4 Å². The van der Waals surface area contributed by atoms with Gasteiger partial charge in [0.15, 0.2) is 0 Å². The first-order valence-electron chi connectivity index (χ1n) is 5.96. The van der Waals surface area contributed by atoms with Crippen LogP contribution in [0.3, 0.4) is 0 Å². The number of carbonyl (C=O) groups is 1. The molecule has 94 valence electrons. The number of likely N-dealkylation sites (tertiary alicyclic amines) is 1. The predicted octanol–water partition coefficient (Wildman–Crippen LogP) is 1.84. The second-order valence-electron chi connectivity index (χ2n) is 5.77. The third-order valence-corrected chi connectivity index (χ3v) is 3.26. The van der Waals surface area contributed by atoms with Gasteiger partial charge >= 0.3 is 6.09 Å². The first kappa shape index (κ1) is 13.3. The Morgan fingerprint density at radius 1 is 1.44 bits per heavy atom. The summed E-state index contributed by atoms with van der Waals surface area (Å²) >= 11 is 0. The molecular formula is C12H24N2O2. The molecule has 0 aromatic carbocycles. The van der Waals surface area contributed by atoms with Gasteiger partial charge < -0.3 is 15.4 Å². The lowest BCUT2D eigenvalue weighted by Gasteiger charge is -2.29. The van der Waals surface area contributed by atoms with Crippen LogP contribution in [-0.4, -0.2) is 35.7 Å². The Labute approximate surface area is 98.1 Å². The van der Waals surface area contributed by atoms with Gasteiger partial charge in [-0.05, 0) is 32.6 Å². The van der Waals surface area contributed by atoms with E-state index >= 15 is 0 Å². The number of nitrogens with two attached hydrogens (primary N) is 1. The lowest BCUT2D eigenvalue weighted by molar-refractivity contribution is 0.0215. The molecule has 4 heteroatoms. The first-order chi connectivity index (χ1) is 7.26. The third-order valence-electron chi connectivity index (χ3n) is 3.26. The van der Waals surface area contributed by atoms with Crippen LogP contribution in [0, 0.1) is 11.8 Å². The molecule has 0 aliphatic carbocycles. The van der Waals surface area contributed by atoms with Crippen LogP contribution in [0.15, 0.2) is 0 Å². The zero-order valence-corrected chi connectivity index (χ0v) is 11.0. The molecule has 1 saturated heterocycles. The molecule has 0 aromatic rings. The van der Waals surface area contributed by atoms with Crippen LogP contribution in [-0.2, 0) is 4.74 Å². The fourth-order valence-electron chi connectivity index (χ4n) is 2.15. The molecule has 0 bridgehead atoms. The van der Waals surface area contributed by atoms with Gasteiger partial charge in [-0.1, -0.05) is 13.8 Å². The molecule has 0 aromatic heterocycles. The highest BCUT2D eigenvalue weighted by Crippen LogP contribution is 2.29. The van der Waals surface area contributed by atoms with Crippen LogP contribution in [0.1, 0.15) is 34.6 Å². The Hall–Kier alpha value is -0.770. The number of ether oxygens (including phenoxy) is 1. The average molecular weight is 228 g/mol. The van der Waals surface area contributed by atoms with Gasteiger partial charge in [0.05, 0.1) is 6.04 Å². The molecule has 1 amide bonds. The SMILES string of the molecule is CC1CN(C(=O)OC(C)(C)C)[C@H](CN)[C@@H]1C. The van der Waals surface area contributed by atoms with Gasteiger partial charge in [-0.3, -0.25) is 0 Å². The maximum atomic E-state index is 12.0. The van der Waals surface area contributed by atoms with Crippen molar-refractivity contribution in [2.75, 3.05) is 13.1 Å². The van der Waals surface area contributed by atoms with Crippen LogP contribution in [0.5, 0.6) is 0 Å². The van der Waals surface area contributed by atoms with Crippen molar-refractivity contribution in [3.63, 3.8) is 0 Å². The largest absolute Gasteiger partial charge is 0.444 e. The molecule has 1 aliphatic rings. The van der Waals surface area contributed by atoms with Gasteiger partial charge in [-0.2, -0.15) is 0 Å². The van der Waals surface area contributed by atoms with E-state index in [1.807, 2.05) is 20.8 Å². The molecule has 1 aliphatic heterocycles. The maximum Gasteiger partial charge on any atom is 0.410 e. The van der Waals surface area contributed by atoms with Gasteiger partial charge in [-0.25, -0.2) is 4.79 Å². The number of carbonyl (C=O) groups excluding carboxylic acids is 1. The molecular weight excluding hydrogens is 204 g/mol. The second kappa shape index (κ2) is 4.62. The predicted molar refractivity (Wildman–Crippen MR) is 64.1 cm³/mol. The molecule has 0 saturated carbocycles. The Morgan fingerprint density at radius 2 is 2.00 bits per heavy atom. The smallest absolute Gasteiger partial charge is 0.410 e. The Kier molecular flexibility index (Phi) is 3.84. The molecule has 1 heterocycles. The summed E-state index contributed by atoms with van der Waals surface area (Å²) in [6.07, 6.45) is -0.237. The van der Waals surface area contributed by atoms with Crippen molar-refractivity contribution < 1.29 is 9.53 Å². The van der Waals surface area contributed by atoms with Crippen molar-refractivity contribution in [3.05, 3.63) is 0 Å². The van der Waals surface area contributed by atoms with Gasteiger partial charge in [0.2, 0.25) is 0 Å². The van der Waals surface area contributed by atoms with Crippen molar-refractivity contribution in [2.45, 2.75) is 46.3 Å². The highest BCUT2D eigenvalue weighted by molar-refractivity contribution is 5.69. The van der Waals surface area contributed by atoms with Crippen molar-refractivity contribution in [1.29, 1.82) is 0 Å². The lowest BCUT2D eigenvalue weighted by atomic mass is 9.94. The van der Waals surface area contributed by atoms with E-state index in [2.05, 4.69) is 13.8 Å². The van der Waals surface area contributed by atoms with Crippen LogP contribution >= 0.6 is 0 Å². The minimum atomic E-state index is -0.439. The number of hydrogen-bond donors (Lipinski definition) is 1. The van der Waals surface area contributed by atoms with E-state index in [9.17, 15) is 4.79 Å². The quantitative estimate of drug-likeness (QED) is 0.745. The molecule has 1 unspecified atom stereocenters. The Balaban J connectivity index is 2.69. The number of nitrogens with zero attached hydrogens (tertiary/aromatic N) is 1. The van der Waals surface area contributed by atoms with E-state index < -0.39 is 5.60 Å². The summed E-state index contributed by atoms with van der Waals surface area (Å²) in [6.45, 7) is 11.2. The third kappa shape index (κ3) is 2.88. The summed E-state index contributed by atoms with van der Waals surface area (Å²) in [5, 5.41) is 0. The molecule has 3 atom stereocenters. The summed E-state index contributed by atoms with van der Waals surface area (Å²) in [6, 6.07) is 0.116. The van der Waals surface area contributed by atoms with E-state index in [0.717, 1.165) is 6.54 Å². The van der Waals surface area contributed by atoms with Crippen molar-refractivity contribution >= 4 is 6.09 Å². The van der Waals surface area contributed by atoms with Crippen molar-refractivity contribution in [1.82, 2.24) is 4.90 Å². The van der Waals surface area contributed by atoms with Crippen LogP contribution in [0.4, 0.5) is 4.79 Å². The van der Waals surface area contributed by atoms with Crippen molar-refractivity contribution in [3.8, 4) is 0 Å². The lowest BCUT2D eigenvalue weighted by Crippen LogP contribution is -2.44. The maximum absolute atomic E-state index is 12.0. The van der Waals surface area contributed by atoms with Crippen molar-refractivity contribution in [2.24, 2.45) is 17.6 Å². The van der Waals surface area contributed by atoms with E-state index in [1.54, 1.807) is 4.90 Å². The monoisotopic (exact) mass is 228 g/mol. The Morgan fingerprint density at radius 3 is 2.44 bits per heavy atom. The second-order valence-corrected chi connectivity index (χ2v) is 5.77. The van der Waals surface area contributed by atoms with Gasteiger partial charge in [0, 0.05) is 13.1 Å². The van der Waals surface area contributed by atoms with E-state index in [1.165, 1.54) is 0 Å². The number of hydrogen-bond acceptors (Lipinski definition) is 3. The summed E-state index contributed by atoms with van der Waals surface area (Å²) in [7, 11) is 0. The molecule has 1 rings (SSSR count). The molecule has 1 fully saturated rings. The minimum absolute atomic E-state index is 0.116.